The van der Waals surface area contributed by atoms with Crippen LogP contribution in [-0.4, -0.2) is 25.7 Å². The Balaban J connectivity index is 2.26. The van der Waals surface area contributed by atoms with E-state index in [9.17, 15) is 10.1 Å². The van der Waals surface area contributed by atoms with Crippen molar-refractivity contribution in [2.45, 2.75) is 31.2 Å². The number of carbonyl (C=O) groups excluding carboxylic acids is 1. The van der Waals surface area contributed by atoms with Gasteiger partial charge in [0.25, 0.3) is 5.91 Å². The number of nitrogens with zero attached hydrogens (tertiary/aromatic N) is 1. The van der Waals surface area contributed by atoms with Crippen LogP contribution in [0, 0.1) is 11.3 Å². The molecule has 106 valence electrons. The molecule has 0 spiro atoms. The third-order valence-corrected chi connectivity index (χ3v) is 3.68. The van der Waals surface area contributed by atoms with Crippen molar-refractivity contribution < 1.29 is 14.3 Å². The summed E-state index contributed by atoms with van der Waals surface area (Å²) < 4.78 is 10.3. The maximum Gasteiger partial charge on any atom is 0.256 e. The van der Waals surface area contributed by atoms with E-state index in [1.807, 2.05) is 0 Å². The van der Waals surface area contributed by atoms with Crippen LogP contribution < -0.4 is 14.8 Å². The average Bonchev–Trinajstić information content (AvgIpc) is 2.95. The quantitative estimate of drug-likeness (QED) is 0.914. The minimum Gasteiger partial charge on any atom is -0.497 e. The first-order valence-corrected chi connectivity index (χ1v) is 6.60. The van der Waals surface area contributed by atoms with E-state index < -0.39 is 5.54 Å². The van der Waals surface area contributed by atoms with Crippen molar-refractivity contribution >= 4 is 5.91 Å². The zero-order valence-electron chi connectivity index (χ0n) is 11.7. The van der Waals surface area contributed by atoms with Crippen molar-refractivity contribution in [3.05, 3.63) is 23.8 Å². The van der Waals surface area contributed by atoms with Crippen LogP contribution in [0.3, 0.4) is 0 Å². The molecule has 5 heteroatoms. The number of ether oxygens (including phenoxy) is 2. The van der Waals surface area contributed by atoms with Gasteiger partial charge in [0, 0.05) is 0 Å². The van der Waals surface area contributed by atoms with Gasteiger partial charge < -0.3 is 14.8 Å². The first-order valence-electron chi connectivity index (χ1n) is 6.60. The van der Waals surface area contributed by atoms with Gasteiger partial charge >= 0.3 is 0 Å². The summed E-state index contributed by atoms with van der Waals surface area (Å²) in [6.45, 7) is 0. The monoisotopic (exact) mass is 274 g/mol. The van der Waals surface area contributed by atoms with Gasteiger partial charge in [0.05, 0.1) is 25.9 Å². The number of rotatable bonds is 4. The Morgan fingerprint density at radius 2 is 2.00 bits per heavy atom. The van der Waals surface area contributed by atoms with Gasteiger partial charge in [0.15, 0.2) is 0 Å². The SMILES string of the molecule is COc1ccc(OC)c(C(=O)NC2(C#N)CCCC2)c1. The first-order chi connectivity index (χ1) is 9.64. The molecule has 1 amide bonds. The molecule has 0 aromatic heterocycles. The molecule has 1 fully saturated rings. The number of methoxy groups -OCH3 is 2. The standard InChI is InChI=1S/C15H18N2O3/c1-19-11-5-6-13(20-2)12(9-11)14(18)17-15(10-16)7-3-4-8-15/h5-6,9H,3-4,7-8H2,1-2H3,(H,17,18). The molecule has 0 radical (unpaired) electrons. The van der Waals surface area contributed by atoms with Gasteiger partial charge in [-0.25, -0.2) is 0 Å². The topological polar surface area (TPSA) is 71.3 Å². The Labute approximate surface area is 118 Å². The third kappa shape index (κ3) is 2.69. The van der Waals surface area contributed by atoms with E-state index in [0.29, 0.717) is 29.9 Å². The Hall–Kier alpha value is -2.22. The molecule has 1 aromatic rings. The summed E-state index contributed by atoms with van der Waals surface area (Å²) >= 11 is 0. The molecule has 2 rings (SSSR count). The molecular formula is C15H18N2O3. The van der Waals surface area contributed by atoms with E-state index in [4.69, 9.17) is 9.47 Å². The number of hydrogen-bond donors (Lipinski definition) is 1. The van der Waals surface area contributed by atoms with Gasteiger partial charge in [-0.05, 0) is 43.9 Å². The lowest BCUT2D eigenvalue weighted by Gasteiger charge is -2.22. The smallest absolute Gasteiger partial charge is 0.256 e. The van der Waals surface area contributed by atoms with Crippen LogP contribution in [0.1, 0.15) is 36.0 Å². The lowest BCUT2D eigenvalue weighted by molar-refractivity contribution is 0.0917. The van der Waals surface area contributed by atoms with Crippen LogP contribution in [0.5, 0.6) is 11.5 Å². The largest absolute Gasteiger partial charge is 0.497 e. The summed E-state index contributed by atoms with van der Waals surface area (Å²) in [6.07, 6.45) is 3.31. The Morgan fingerprint density at radius 3 is 2.55 bits per heavy atom. The van der Waals surface area contributed by atoms with Gasteiger partial charge in [-0.1, -0.05) is 0 Å². The molecule has 0 unspecified atom stereocenters. The molecule has 5 nitrogen and oxygen atoms in total. The van der Waals surface area contributed by atoms with E-state index in [2.05, 4.69) is 11.4 Å². The van der Waals surface area contributed by atoms with Gasteiger partial charge in [0.1, 0.15) is 17.0 Å². The fourth-order valence-corrected chi connectivity index (χ4v) is 2.52. The second kappa shape index (κ2) is 5.83. The van der Waals surface area contributed by atoms with Crippen molar-refractivity contribution in [2.75, 3.05) is 14.2 Å². The van der Waals surface area contributed by atoms with Crippen molar-refractivity contribution in [1.82, 2.24) is 5.32 Å². The Morgan fingerprint density at radius 1 is 1.30 bits per heavy atom. The maximum absolute atomic E-state index is 12.4. The van der Waals surface area contributed by atoms with E-state index in [1.54, 1.807) is 18.2 Å². The fourth-order valence-electron chi connectivity index (χ4n) is 2.52. The second-order valence-electron chi connectivity index (χ2n) is 4.92. The number of benzene rings is 1. The molecule has 20 heavy (non-hydrogen) atoms. The zero-order valence-corrected chi connectivity index (χ0v) is 11.7. The van der Waals surface area contributed by atoms with Crippen molar-refractivity contribution in [3.8, 4) is 17.6 Å². The summed E-state index contributed by atoms with van der Waals surface area (Å²) in [7, 11) is 3.05. The van der Waals surface area contributed by atoms with Gasteiger partial charge in [-0.2, -0.15) is 5.26 Å². The minimum atomic E-state index is -0.745. The highest BCUT2D eigenvalue weighted by Crippen LogP contribution is 2.30. The molecule has 1 N–H and O–H groups in total. The van der Waals surface area contributed by atoms with Crippen LogP contribution in [0.25, 0.3) is 0 Å². The third-order valence-electron chi connectivity index (χ3n) is 3.68. The van der Waals surface area contributed by atoms with Gasteiger partial charge in [-0.3, -0.25) is 4.79 Å². The zero-order chi connectivity index (χ0) is 14.6. The van der Waals surface area contributed by atoms with E-state index in [0.717, 1.165) is 12.8 Å². The van der Waals surface area contributed by atoms with E-state index >= 15 is 0 Å². The summed E-state index contributed by atoms with van der Waals surface area (Å²) in [5.74, 6) is 0.743. The highest BCUT2D eigenvalue weighted by molar-refractivity contribution is 5.98. The van der Waals surface area contributed by atoms with E-state index in [-0.39, 0.29) is 5.91 Å². The van der Waals surface area contributed by atoms with Crippen molar-refractivity contribution in [2.24, 2.45) is 0 Å². The molecule has 0 aliphatic heterocycles. The lowest BCUT2D eigenvalue weighted by atomic mass is 9.99. The molecule has 1 aliphatic rings. The molecule has 1 aromatic carbocycles. The number of nitrogens with one attached hydrogen (secondary N) is 1. The van der Waals surface area contributed by atoms with Crippen LogP contribution >= 0.6 is 0 Å². The fraction of sp³-hybridized carbons (Fsp3) is 0.467. The molecule has 1 aliphatic carbocycles. The number of amides is 1. The van der Waals surface area contributed by atoms with Crippen LogP contribution in [0.2, 0.25) is 0 Å². The summed E-state index contributed by atoms with van der Waals surface area (Å²) in [5, 5.41) is 12.2. The molecule has 0 bridgehead atoms. The highest BCUT2D eigenvalue weighted by atomic mass is 16.5. The van der Waals surface area contributed by atoms with Crippen molar-refractivity contribution in [3.63, 3.8) is 0 Å². The second-order valence-corrected chi connectivity index (χ2v) is 4.92. The molecular weight excluding hydrogens is 256 g/mol. The van der Waals surface area contributed by atoms with Crippen molar-refractivity contribution in [1.29, 1.82) is 5.26 Å². The van der Waals surface area contributed by atoms with Crippen LogP contribution in [0.4, 0.5) is 0 Å². The summed E-state index contributed by atoms with van der Waals surface area (Å²) in [4.78, 5) is 12.4. The molecule has 0 saturated heterocycles. The minimum absolute atomic E-state index is 0.302. The van der Waals surface area contributed by atoms with Gasteiger partial charge in [0.2, 0.25) is 0 Å². The Kier molecular flexibility index (Phi) is 4.14. The molecule has 0 atom stereocenters. The average molecular weight is 274 g/mol. The predicted octanol–water partition coefficient (Wildman–Crippen LogP) is 2.27. The molecule has 1 saturated carbocycles. The lowest BCUT2D eigenvalue weighted by Crippen LogP contribution is -2.45. The number of nitriles is 1. The van der Waals surface area contributed by atoms with E-state index in [1.165, 1.54) is 14.2 Å². The first kappa shape index (κ1) is 14.2. The Bertz CT molecular complexity index is 543. The predicted molar refractivity (Wildman–Crippen MR) is 73.8 cm³/mol. The maximum atomic E-state index is 12.4. The van der Waals surface area contributed by atoms with Crippen LogP contribution in [0.15, 0.2) is 18.2 Å². The summed E-state index contributed by atoms with van der Waals surface area (Å²) in [5.41, 5.74) is -0.362. The number of carbonyl (C=O) groups is 1. The highest BCUT2D eigenvalue weighted by Gasteiger charge is 2.36. The van der Waals surface area contributed by atoms with Gasteiger partial charge in [-0.15, -0.1) is 0 Å². The normalized spacial score (nSPS) is 16.2. The number of hydrogen-bond acceptors (Lipinski definition) is 4. The van der Waals surface area contributed by atoms with Crippen LogP contribution in [-0.2, 0) is 0 Å². The summed E-state index contributed by atoms with van der Waals surface area (Å²) in [6, 6.07) is 7.27. The molecule has 0 heterocycles.